The van der Waals surface area contributed by atoms with Crippen LogP contribution in [0.1, 0.15) is 35.7 Å². The summed E-state index contributed by atoms with van der Waals surface area (Å²) in [6.45, 7) is 2.84. The quantitative estimate of drug-likeness (QED) is 0.206. The molecule has 0 bridgehead atoms. The molecule has 3 aromatic carbocycles. The molecule has 0 saturated heterocycles. The lowest BCUT2D eigenvalue weighted by atomic mass is 10.2. The van der Waals surface area contributed by atoms with E-state index >= 15 is 0 Å². The van der Waals surface area contributed by atoms with Gasteiger partial charge < -0.3 is 9.47 Å². The molecule has 0 spiro atoms. The van der Waals surface area contributed by atoms with Crippen LogP contribution < -0.4 is 9.47 Å². The van der Waals surface area contributed by atoms with E-state index in [2.05, 4.69) is 11.9 Å². The predicted molar refractivity (Wildman–Crippen MR) is 112 cm³/mol. The van der Waals surface area contributed by atoms with Crippen LogP contribution in [-0.4, -0.2) is 18.8 Å². The normalized spacial score (nSPS) is 10.8. The molecule has 0 N–H and O–H groups in total. The van der Waals surface area contributed by atoms with Crippen LogP contribution in [0.3, 0.4) is 0 Å². The number of halogens is 1. The van der Waals surface area contributed by atoms with Crippen LogP contribution in [0.25, 0.3) is 0 Å². The summed E-state index contributed by atoms with van der Waals surface area (Å²) < 4.78 is 24.3. The average molecular weight is 391 g/mol. The van der Waals surface area contributed by atoms with E-state index in [1.807, 2.05) is 24.3 Å². The van der Waals surface area contributed by atoms with Gasteiger partial charge in [-0.3, -0.25) is 4.99 Å². The first kappa shape index (κ1) is 20.3. The number of para-hydroxylation sites is 1. The highest BCUT2D eigenvalue weighted by Gasteiger charge is 2.11. The zero-order valence-electron chi connectivity index (χ0n) is 16.2. The maximum atomic E-state index is 13.6. The van der Waals surface area contributed by atoms with Gasteiger partial charge in [-0.1, -0.05) is 25.5 Å². The second kappa shape index (κ2) is 10.2. The van der Waals surface area contributed by atoms with Gasteiger partial charge in [0.05, 0.1) is 17.9 Å². The van der Waals surface area contributed by atoms with Crippen molar-refractivity contribution in [3.05, 3.63) is 89.7 Å². The number of ether oxygens (including phenoxy) is 2. The Labute approximate surface area is 169 Å². The number of unbranched alkanes of at least 4 members (excludes halogenated alkanes) is 1. The van der Waals surface area contributed by atoms with Gasteiger partial charge in [-0.05, 0) is 72.6 Å². The number of hydrogen-bond acceptors (Lipinski definition) is 4. The highest BCUT2D eigenvalue weighted by Crippen LogP contribution is 2.19. The lowest BCUT2D eigenvalue weighted by Crippen LogP contribution is -2.09. The molecule has 0 saturated carbocycles. The molecule has 5 heteroatoms. The van der Waals surface area contributed by atoms with Crippen molar-refractivity contribution in [2.24, 2.45) is 4.99 Å². The number of aliphatic imine (C=N–C) groups is 1. The van der Waals surface area contributed by atoms with Gasteiger partial charge in [0.2, 0.25) is 0 Å². The van der Waals surface area contributed by atoms with Gasteiger partial charge in [0.25, 0.3) is 0 Å². The third-order valence-corrected chi connectivity index (χ3v) is 4.15. The Morgan fingerprint density at radius 3 is 2.41 bits per heavy atom. The monoisotopic (exact) mass is 391 g/mol. The summed E-state index contributed by atoms with van der Waals surface area (Å²) in [5.41, 5.74) is 1.95. The SMILES string of the molecule is CCCCOc1ccc(C=Nc2ccc(C(=O)Oc3ccccc3F)cc2)cc1. The van der Waals surface area contributed by atoms with Gasteiger partial charge in [-0.25, -0.2) is 9.18 Å². The molecule has 0 radical (unpaired) electrons. The van der Waals surface area contributed by atoms with Crippen molar-refractivity contribution in [2.45, 2.75) is 19.8 Å². The molecule has 0 atom stereocenters. The molecule has 0 fully saturated rings. The largest absolute Gasteiger partial charge is 0.494 e. The molecule has 0 aromatic heterocycles. The van der Waals surface area contributed by atoms with Crippen molar-refractivity contribution < 1.29 is 18.7 Å². The van der Waals surface area contributed by atoms with Crippen molar-refractivity contribution in [3.63, 3.8) is 0 Å². The minimum absolute atomic E-state index is 0.0956. The highest BCUT2D eigenvalue weighted by molar-refractivity contribution is 5.91. The van der Waals surface area contributed by atoms with Gasteiger partial charge in [0, 0.05) is 6.21 Å². The van der Waals surface area contributed by atoms with Crippen LogP contribution >= 0.6 is 0 Å². The molecule has 29 heavy (non-hydrogen) atoms. The number of hydrogen-bond donors (Lipinski definition) is 0. The molecule has 3 rings (SSSR count). The third kappa shape index (κ3) is 6.01. The average Bonchev–Trinajstić information content (AvgIpc) is 2.75. The smallest absolute Gasteiger partial charge is 0.343 e. The molecular formula is C24H22FNO3. The Morgan fingerprint density at radius 2 is 1.72 bits per heavy atom. The van der Waals surface area contributed by atoms with Crippen LogP contribution in [0, 0.1) is 5.82 Å². The molecule has 0 amide bonds. The summed E-state index contributed by atoms with van der Waals surface area (Å²) >= 11 is 0. The van der Waals surface area contributed by atoms with Crippen LogP contribution in [0.4, 0.5) is 10.1 Å². The van der Waals surface area contributed by atoms with Gasteiger partial charge >= 0.3 is 5.97 Å². The van der Waals surface area contributed by atoms with Gasteiger partial charge in [0.15, 0.2) is 11.6 Å². The minimum atomic E-state index is -0.621. The van der Waals surface area contributed by atoms with E-state index in [4.69, 9.17) is 9.47 Å². The number of rotatable bonds is 8. The van der Waals surface area contributed by atoms with E-state index in [1.165, 1.54) is 18.2 Å². The minimum Gasteiger partial charge on any atom is -0.494 e. The number of nitrogens with zero attached hydrogens (tertiary/aromatic N) is 1. The van der Waals surface area contributed by atoms with Gasteiger partial charge in [-0.2, -0.15) is 0 Å². The number of carbonyl (C=O) groups excluding carboxylic acids is 1. The molecule has 3 aromatic rings. The Bertz CT molecular complexity index is 966. The van der Waals surface area contributed by atoms with E-state index in [-0.39, 0.29) is 5.75 Å². The van der Waals surface area contributed by atoms with Crippen molar-refractivity contribution in [2.75, 3.05) is 6.61 Å². The fourth-order valence-electron chi connectivity index (χ4n) is 2.50. The van der Waals surface area contributed by atoms with Crippen molar-refractivity contribution in [1.82, 2.24) is 0 Å². The molecule has 148 valence electrons. The fourth-order valence-corrected chi connectivity index (χ4v) is 2.50. The molecular weight excluding hydrogens is 369 g/mol. The lowest BCUT2D eigenvalue weighted by molar-refractivity contribution is 0.0728. The van der Waals surface area contributed by atoms with Crippen molar-refractivity contribution in [1.29, 1.82) is 0 Å². The number of esters is 1. The molecule has 4 nitrogen and oxygen atoms in total. The first-order valence-electron chi connectivity index (χ1n) is 9.49. The maximum Gasteiger partial charge on any atom is 0.343 e. The predicted octanol–water partition coefficient (Wildman–Crippen LogP) is 5.97. The summed E-state index contributed by atoms with van der Waals surface area (Å²) in [5, 5.41) is 0. The van der Waals surface area contributed by atoms with Gasteiger partial charge in [-0.15, -0.1) is 0 Å². The lowest BCUT2D eigenvalue weighted by Gasteiger charge is -2.05. The van der Waals surface area contributed by atoms with E-state index in [0.29, 0.717) is 11.3 Å². The summed E-state index contributed by atoms with van der Waals surface area (Å²) in [4.78, 5) is 16.5. The Morgan fingerprint density at radius 1 is 1.00 bits per heavy atom. The summed E-state index contributed by atoms with van der Waals surface area (Å²) in [7, 11) is 0. The number of benzene rings is 3. The molecule has 0 aliphatic heterocycles. The summed E-state index contributed by atoms with van der Waals surface area (Å²) in [6.07, 6.45) is 3.87. The fraction of sp³-hybridized carbons (Fsp3) is 0.167. The molecule has 0 heterocycles. The summed E-state index contributed by atoms with van der Waals surface area (Å²) in [5.74, 6) is -0.455. The van der Waals surface area contributed by atoms with Crippen LogP contribution in [0.15, 0.2) is 77.8 Å². The van der Waals surface area contributed by atoms with Gasteiger partial charge in [0.1, 0.15) is 5.75 Å². The van der Waals surface area contributed by atoms with E-state index < -0.39 is 11.8 Å². The van der Waals surface area contributed by atoms with Crippen molar-refractivity contribution in [3.8, 4) is 11.5 Å². The Hall–Kier alpha value is -3.47. The van der Waals surface area contributed by atoms with Crippen LogP contribution in [-0.2, 0) is 0 Å². The van der Waals surface area contributed by atoms with E-state index in [0.717, 1.165) is 30.8 Å². The zero-order valence-corrected chi connectivity index (χ0v) is 16.2. The third-order valence-electron chi connectivity index (χ3n) is 4.15. The first-order chi connectivity index (χ1) is 14.2. The molecule has 0 unspecified atom stereocenters. The zero-order chi connectivity index (χ0) is 20.5. The van der Waals surface area contributed by atoms with Crippen LogP contribution in [0.2, 0.25) is 0 Å². The maximum absolute atomic E-state index is 13.6. The number of carbonyl (C=O) groups is 1. The first-order valence-corrected chi connectivity index (χ1v) is 9.49. The molecule has 0 aliphatic carbocycles. The Kier molecular flexibility index (Phi) is 7.11. The topological polar surface area (TPSA) is 47.9 Å². The van der Waals surface area contributed by atoms with E-state index in [9.17, 15) is 9.18 Å². The second-order valence-electron chi connectivity index (χ2n) is 6.40. The second-order valence-corrected chi connectivity index (χ2v) is 6.40. The van der Waals surface area contributed by atoms with Crippen molar-refractivity contribution >= 4 is 17.9 Å². The van der Waals surface area contributed by atoms with E-state index in [1.54, 1.807) is 36.5 Å². The molecule has 0 aliphatic rings. The van der Waals surface area contributed by atoms with Crippen LogP contribution in [0.5, 0.6) is 11.5 Å². The summed E-state index contributed by atoms with van der Waals surface area (Å²) in [6, 6.07) is 20.1. The highest BCUT2D eigenvalue weighted by atomic mass is 19.1. The standard InChI is InChI=1S/C24H22FNO3/c1-2-3-16-28-21-14-8-18(9-15-21)17-26-20-12-10-19(11-13-20)24(27)29-23-7-5-4-6-22(23)25/h4-15,17H,2-3,16H2,1H3. The Balaban J connectivity index is 1.58.